The van der Waals surface area contributed by atoms with E-state index >= 15 is 0 Å². The van der Waals surface area contributed by atoms with Crippen molar-refractivity contribution >= 4 is 41.0 Å². The molecule has 0 aliphatic carbocycles. The van der Waals surface area contributed by atoms with Gasteiger partial charge >= 0.3 is 6.61 Å². The molecule has 6 nitrogen and oxygen atoms in total. The fourth-order valence-corrected chi connectivity index (χ4v) is 3.56. The summed E-state index contributed by atoms with van der Waals surface area (Å²) in [5.74, 6) is -1.52. The molecule has 2 aromatic rings. The first-order valence-corrected chi connectivity index (χ1v) is 10.2. The third-order valence-electron chi connectivity index (χ3n) is 4.23. The van der Waals surface area contributed by atoms with Crippen LogP contribution >= 0.6 is 11.8 Å². The van der Waals surface area contributed by atoms with Gasteiger partial charge < -0.3 is 10.1 Å². The van der Waals surface area contributed by atoms with Crippen LogP contribution in [0.15, 0.2) is 59.5 Å². The van der Waals surface area contributed by atoms with Crippen LogP contribution in [0, 0.1) is 5.82 Å². The number of alkyl halides is 2. The second-order valence-electron chi connectivity index (χ2n) is 6.43. The predicted octanol–water partition coefficient (Wildman–Crippen LogP) is 4.29. The molecule has 0 radical (unpaired) electrons. The Hall–Kier alpha value is -3.53. The maximum absolute atomic E-state index is 13.8. The highest BCUT2D eigenvalue weighted by Crippen LogP contribution is 2.32. The minimum absolute atomic E-state index is 0.00263. The van der Waals surface area contributed by atoms with Gasteiger partial charge in [-0.1, -0.05) is 30.3 Å². The van der Waals surface area contributed by atoms with E-state index in [2.05, 4.69) is 10.1 Å². The van der Waals surface area contributed by atoms with Crippen molar-refractivity contribution < 1.29 is 32.3 Å². The molecule has 0 aromatic heterocycles. The van der Waals surface area contributed by atoms with Gasteiger partial charge in [-0.15, -0.1) is 0 Å². The van der Waals surface area contributed by atoms with Gasteiger partial charge in [-0.3, -0.25) is 19.3 Å². The quantitative estimate of drug-likeness (QED) is 0.593. The SMILES string of the molecule is O=C(/C=C/c1ccc(OC(F)F)cc1)NCCN1C(=O)S/C(=C\c2ccccc2F)C1=O. The molecule has 1 aliphatic heterocycles. The Balaban J connectivity index is 1.50. The summed E-state index contributed by atoms with van der Waals surface area (Å²) in [7, 11) is 0. The first kappa shape index (κ1) is 23.1. The summed E-state index contributed by atoms with van der Waals surface area (Å²) in [5.41, 5.74) is 0.788. The molecule has 1 aliphatic rings. The monoisotopic (exact) mass is 462 g/mol. The smallest absolute Gasteiger partial charge is 0.387 e. The number of benzene rings is 2. The number of carbonyl (C=O) groups excluding carboxylic acids is 3. The Bertz CT molecular complexity index is 1070. The Morgan fingerprint density at radius 3 is 2.53 bits per heavy atom. The number of thioether (sulfide) groups is 1. The number of carbonyl (C=O) groups is 3. The largest absolute Gasteiger partial charge is 0.435 e. The molecule has 0 unspecified atom stereocenters. The third kappa shape index (κ3) is 6.24. The maximum Gasteiger partial charge on any atom is 0.387 e. The Kier molecular flexibility index (Phi) is 7.72. The third-order valence-corrected chi connectivity index (χ3v) is 5.14. The molecule has 0 saturated carbocycles. The van der Waals surface area contributed by atoms with Crippen molar-refractivity contribution in [1.29, 1.82) is 0 Å². The zero-order valence-corrected chi connectivity index (χ0v) is 17.3. The summed E-state index contributed by atoms with van der Waals surface area (Å²) in [4.78, 5) is 37.5. The second kappa shape index (κ2) is 10.7. The fourth-order valence-electron chi connectivity index (χ4n) is 2.71. The van der Waals surface area contributed by atoms with Crippen LogP contribution in [0.1, 0.15) is 11.1 Å². The number of ether oxygens (including phenoxy) is 1. The number of amides is 3. The van der Waals surface area contributed by atoms with E-state index in [9.17, 15) is 27.6 Å². The van der Waals surface area contributed by atoms with Gasteiger partial charge in [0, 0.05) is 24.7 Å². The van der Waals surface area contributed by atoms with Gasteiger partial charge in [0.25, 0.3) is 11.1 Å². The highest BCUT2D eigenvalue weighted by atomic mass is 32.2. The molecule has 1 heterocycles. The molecule has 10 heteroatoms. The van der Waals surface area contributed by atoms with Crippen molar-refractivity contribution in [2.75, 3.05) is 13.1 Å². The molecule has 1 N–H and O–H groups in total. The van der Waals surface area contributed by atoms with Gasteiger partial charge in [0.1, 0.15) is 11.6 Å². The lowest BCUT2D eigenvalue weighted by Crippen LogP contribution is -2.36. The molecule has 166 valence electrons. The van der Waals surface area contributed by atoms with Crippen LogP contribution in [0.25, 0.3) is 12.2 Å². The van der Waals surface area contributed by atoms with E-state index in [1.54, 1.807) is 6.07 Å². The van der Waals surface area contributed by atoms with Gasteiger partial charge in [-0.05, 0) is 47.7 Å². The van der Waals surface area contributed by atoms with Crippen LogP contribution in [0.2, 0.25) is 0 Å². The fraction of sp³-hybridized carbons (Fsp3) is 0.136. The summed E-state index contributed by atoms with van der Waals surface area (Å²) in [6.45, 7) is -2.94. The maximum atomic E-state index is 13.8. The van der Waals surface area contributed by atoms with E-state index in [0.717, 1.165) is 4.90 Å². The lowest BCUT2D eigenvalue weighted by Gasteiger charge is -2.12. The van der Waals surface area contributed by atoms with Crippen molar-refractivity contribution in [3.8, 4) is 5.75 Å². The number of nitrogens with one attached hydrogen (secondary N) is 1. The summed E-state index contributed by atoms with van der Waals surface area (Å²) in [6, 6.07) is 11.6. The Morgan fingerprint density at radius 1 is 1.12 bits per heavy atom. The highest BCUT2D eigenvalue weighted by Gasteiger charge is 2.34. The van der Waals surface area contributed by atoms with Crippen molar-refractivity contribution in [3.05, 3.63) is 76.5 Å². The van der Waals surface area contributed by atoms with Gasteiger partial charge in [0.15, 0.2) is 0 Å². The summed E-state index contributed by atoms with van der Waals surface area (Å²) in [5, 5.41) is 2.04. The number of hydrogen-bond acceptors (Lipinski definition) is 5. The number of rotatable bonds is 8. The predicted molar refractivity (Wildman–Crippen MR) is 114 cm³/mol. The van der Waals surface area contributed by atoms with Crippen LogP contribution in [0.4, 0.5) is 18.0 Å². The second-order valence-corrected chi connectivity index (χ2v) is 7.42. The van der Waals surface area contributed by atoms with Gasteiger partial charge in [-0.25, -0.2) is 4.39 Å². The number of nitrogens with zero attached hydrogens (tertiary/aromatic N) is 1. The van der Waals surface area contributed by atoms with Crippen molar-refractivity contribution in [2.24, 2.45) is 0 Å². The van der Waals surface area contributed by atoms with E-state index < -0.39 is 29.5 Å². The highest BCUT2D eigenvalue weighted by molar-refractivity contribution is 8.18. The molecular weight excluding hydrogens is 445 g/mol. The first-order chi connectivity index (χ1) is 15.3. The Morgan fingerprint density at radius 2 is 1.84 bits per heavy atom. The molecule has 2 aromatic carbocycles. The standard InChI is InChI=1S/C22H17F3N2O4S/c23-17-4-2-1-3-15(17)13-18-20(29)27(22(30)32-18)12-11-26-19(28)10-7-14-5-8-16(9-6-14)31-21(24)25/h1-10,13,21H,11-12H2,(H,26,28)/b10-7+,18-13-. The van der Waals surface area contributed by atoms with Crippen LogP contribution in [0.5, 0.6) is 5.75 Å². The molecule has 0 atom stereocenters. The first-order valence-electron chi connectivity index (χ1n) is 9.34. The van der Waals surface area contributed by atoms with E-state index in [1.165, 1.54) is 60.7 Å². The minimum atomic E-state index is -2.92. The molecule has 32 heavy (non-hydrogen) atoms. The minimum Gasteiger partial charge on any atom is -0.435 e. The van der Waals surface area contributed by atoms with Crippen LogP contribution in [0.3, 0.4) is 0 Å². The molecule has 0 bridgehead atoms. The van der Waals surface area contributed by atoms with Crippen molar-refractivity contribution in [2.45, 2.75) is 6.61 Å². The topological polar surface area (TPSA) is 75.7 Å². The van der Waals surface area contributed by atoms with Crippen LogP contribution < -0.4 is 10.1 Å². The summed E-state index contributed by atoms with van der Waals surface area (Å²) < 4.78 is 42.3. The van der Waals surface area contributed by atoms with Gasteiger partial charge in [-0.2, -0.15) is 8.78 Å². The van der Waals surface area contributed by atoms with Gasteiger partial charge in [0.2, 0.25) is 5.91 Å². The number of hydrogen-bond donors (Lipinski definition) is 1. The average Bonchev–Trinajstić information content (AvgIpc) is 3.02. The van der Waals surface area contributed by atoms with Crippen molar-refractivity contribution in [3.63, 3.8) is 0 Å². The number of imide groups is 1. The Labute approximate surface area is 185 Å². The van der Waals surface area contributed by atoms with Crippen LogP contribution in [-0.4, -0.2) is 41.7 Å². The normalized spacial score (nSPS) is 15.2. The molecule has 0 spiro atoms. The number of halogens is 3. The molecular formula is C22H17F3N2O4S. The summed E-state index contributed by atoms with van der Waals surface area (Å²) in [6.07, 6.45) is 4.02. The summed E-state index contributed by atoms with van der Waals surface area (Å²) >= 11 is 0.704. The van der Waals surface area contributed by atoms with Crippen LogP contribution in [-0.2, 0) is 9.59 Å². The zero-order chi connectivity index (χ0) is 23.1. The lowest BCUT2D eigenvalue weighted by molar-refractivity contribution is -0.123. The lowest BCUT2D eigenvalue weighted by atomic mass is 10.2. The zero-order valence-electron chi connectivity index (χ0n) is 16.5. The van der Waals surface area contributed by atoms with E-state index in [-0.39, 0.29) is 29.3 Å². The molecule has 1 fully saturated rings. The molecule has 3 amide bonds. The van der Waals surface area contributed by atoms with Crippen molar-refractivity contribution in [1.82, 2.24) is 10.2 Å². The molecule has 1 saturated heterocycles. The van der Waals surface area contributed by atoms with E-state index in [1.807, 2.05) is 0 Å². The van der Waals surface area contributed by atoms with E-state index in [0.29, 0.717) is 17.3 Å². The van der Waals surface area contributed by atoms with E-state index in [4.69, 9.17) is 0 Å². The molecule has 3 rings (SSSR count). The van der Waals surface area contributed by atoms with Gasteiger partial charge in [0.05, 0.1) is 4.91 Å². The average molecular weight is 462 g/mol.